The van der Waals surface area contributed by atoms with Crippen molar-refractivity contribution in [3.63, 3.8) is 0 Å². The fourth-order valence-corrected chi connectivity index (χ4v) is 5.58. The summed E-state index contributed by atoms with van der Waals surface area (Å²) in [7, 11) is -3.08. The maximum absolute atomic E-state index is 13.7. The molecule has 2 aromatic carbocycles. The Bertz CT molecular complexity index is 1860. The normalized spacial score (nSPS) is 12.7. The molecular weight excluding hydrogens is 605 g/mol. The molecule has 0 bridgehead atoms. The van der Waals surface area contributed by atoms with Gasteiger partial charge in [0.2, 0.25) is 10.0 Å². The van der Waals surface area contributed by atoms with E-state index >= 15 is 0 Å². The first-order chi connectivity index (χ1) is 19.4. The number of imidazole rings is 1. The van der Waals surface area contributed by atoms with E-state index in [1.54, 1.807) is 24.3 Å². The number of ether oxygens (including phenoxy) is 2. The number of fused-ring (bicyclic) bond motifs is 1. The standard InChI is InChI=1S/C25H26ClF3N6O6S/c1-24(2,3)35(30)42(38,39)14-34-21(36)19-20(32(4)23(34)37)31-22(33(19)13-15-8-10-16(26)11-9-15)40-17-6-5-7-18(12-17)41-25(27,28)29/h5-12H,13-14,30H2,1-4H3. The van der Waals surface area contributed by atoms with Crippen LogP contribution in [-0.2, 0) is 29.5 Å². The van der Waals surface area contributed by atoms with Crippen molar-refractivity contribution in [2.24, 2.45) is 12.9 Å². The van der Waals surface area contributed by atoms with Crippen LogP contribution in [0.3, 0.4) is 0 Å². The summed E-state index contributed by atoms with van der Waals surface area (Å²) in [5.41, 5.74) is -2.83. The summed E-state index contributed by atoms with van der Waals surface area (Å²) in [4.78, 5) is 31.2. The molecule has 42 heavy (non-hydrogen) atoms. The Kier molecular flexibility index (Phi) is 8.21. The summed E-state index contributed by atoms with van der Waals surface area (Å²) in [6.07, 6.45) is -4.95. The van der Waals surface area contributed by atoms with Crippen LogP contribution in [0.5, 0.6) is 17.5 Å². The Labute approximate surface area is 242 Å². The maximum Gasteiger partial charge on any atom is 0.573 e. The second kappa shape index (κ2) is 11.1. The summed E-state index contributed by atoms with van der Waals surface area (Å²) in [6, 6.07) is 10.8. The van der Waals surface area contributed by atoms with E-state index in [9.17, 15) is 31.2 Å². The summed E-state index contributed by atoms with van der Waals surface area (Å²) >= 11 is 5.99. The minimum atomic E-state index is -4.95. The maximum atomic E-state index is 13.7. The molecule has 0 aliphatic carbocycles. The Morgan fingerprint density at radius 1 is 1.02 bits per heavy atom. The molecular formula is C25H26ClF3N6O6S. The van der Waals surface area contributed by atoms with Gasteiger partial charge >= 0.3 is 18.1 Å². The van der Waals surface area contributed by atoms with Gasteiger partial charge in [-0.1, -0.05) is 29.8 Å². The molecule has 12 nitrogen and oxygen atoms in total. The van der Waals surface area contributed by atoms with Gasteiger partial charge in [-0.15, -0.1) is 17.6 Å². The topological polar surface area (TPSA) is 144 Å². The van der Waals surface area contributed by atoms with Crippen molar-refractivity contribution in [3.05, 3.63) is 80.0 Å². The SMILES string of the molecule is Cn1c(=O)n(CS(=O)(=O)N(N)C(C)(C)C)c(=O)c2c1nc(Oc1cccc(OC(F)(F)F)c1)n2Cc1ccc(Cl)cc1. The van der Waals surface area contributed by atoms with Gasteiger partial charge in [0.15, 0.2) is 11.2 Å². The number of sulfonamides is 1. The molecule has 0 spiro atoms. The van der Waals surface area contributed by atoms with Crippen LogP contribution in [0, 0.1) is 0 Å². The van der Waals surface area contributed by atoms with Crippen LogP contribution in [0.1, 0.15) is 26.3 Å². The van der Waals surface area contributed by atoms with Gasteiger partial charge in [-0.05, 0) is 50.6 Å². The van der Waals surface area contributed by atoms with Crippen molar-refractivity contribution in [3.8, 4) is 17.5 Å². The molecule has 4 aromatic rings. The lowest BCUT2D eigenvalue weighted by atomic mass is 10.1. The first-order valence-electron chi connectivity index (χ1n) is 12.1. The summed E-state index contributed by atoms with van der Waals surface area (Å²) in [6.45, 7) is 4.53. The molecule has 0 saturated carbocycles. The highest BCUT2D eigenvalue weighted by Crippen LogP contribution is 2.30. The lowest BCUT2D eigenvalue weighted by Crippen LogP contribution is -2.53. The van der Waals surface area contributed by atoms with Crippen molar-refractivity contribution in [1.82, 2.24) is 23.1 Å². The van der Waals surface area contributed by atoms with E-state index in [0.717, 1.165) is 16.7 Å². The van der Waals surface area contributed by atoms with Gasteiger partial charge in [0.25, 0.3) is 5.56 Å². The number of alkyl halides is 3. The Morgan fingerprint density at radius 3 is 2.24 bits per heavy atom. The van der Waals surface area contributed by atoms with Gasteiger partial charge in [-0.25, -0.2) is 17.8 Å². The van der Waals surface area contributed by atoms with Gasteiger partial charge in [-0.2, -0.15) is 4.98 Å². The number of hydrogen-bond acceptors (Lipinski definition) is 8. The zero-order chi connectivity index (χ0) is 31.2. The Hall–Kier alpha value is -3.86. The highest BCUT2D eigenvalue weighted by molar-refractivity contribution is 7.88. The summed E-state index contributed by atoms with van der Waals surface area (Å²) in [5.74, 6) is 4.05. The number of nitrogens with two attached hydrogens (primary N) is 1. The van der Waals surface area contributed by atoms with Crippen LogP contribution in [-0.4, -0.2) is 43.4 Å². The van der Waals surface area contributed by atoms with E-state index < -0.39 is 44.8 Å². The van der Waals surface area contributed by atoms with E-state index in [2.05, 4.69) is 9.72 Å². The average Bonchev–Trinajstić information content (AvgIpc) is 3.22. The van der Waals surface area contributed by atoms with Crippen LogP contribution in [0.25, 0.3) is 11.2 Å². The number of hydrogen-bond donors (Lipinski definition) is 1. The Morgan fingerprint density at radius 2 is 1.64 bits per heavy atom. The quantitative estimate of drug-likeness (QED) is 0.230. The lowest BCUT2D eigenvalue weighted by molar-refractivity contribution is -0.274. The number of nitrogens with zero attached hydrogens (tertiary/aromatic N) is 5. The van der Waals surface area contributed by atoms with Gasteiger partial charge < -0.3 is 9.47 Å². The molecule has 0 saturated heterocycles. The molecule has 17 heteroatoms. The average molecular weight is 631 g/mol. The third kappa shape index (κ3) is 6.61. The first-order valence-corrected chi connectivity index (χ1v) is 14.1. The molecule has 4 rings (SSSR count). The van der Waals surface area contributed by atoms with E-state index in [-0.39, 0.29) is 29.5 Å². The molecule has 226 valence electrons. The lowest BCUT2D eigenvalue weighted by Gasteiger charge is -2.30. The van der Waals surface area contributed by atoms with Crippen molar-refractivity contribution >= 4 is 32.8 Å². The molecule has 0 aliphatic rings. The highest BCUT2D eigenvalue weighted by Gasteiger charge is 2.33. The third-order valence-electron chi connectivity index (χ3n) is 5.95. The number of benzene rings is 2. The largest absolute Gasteiger partial charge is 0.573 e. The van der Waals surface area contributed by atoms with Crippen molar-refractivity contribution in [1.29, 1.82) is 0 Å². The Balaban J connectivity index is 1.91. The predicted octanol–water partition coefficient (Wildman–Crippen LogP) is 3.55. The molecule has 2 heterocycles. The summed E-state index contributed by atoms with van der Waals surface area (Å²) in [5, 5.41) is 0.437. The van der Waals surface area contributed by atoms with Gasteiger partial charge in [-0.3, -0.25) is 19.8 Å². The monoisotopic (exact) mass is 630 g/mol. The molecule has 0 radical (unpaired) electrons. The minimum Gasteiger partial charge on any atom is -0.425 e. The zero-order valence-electron chi connectivity index (χ0n) is 22.7. The van der Waals surface area contributed by atoms with Crippen molar-refractivity contribution in [2.75, 3.05) is 0 Å². The third-order valence-corrected chi connectivity index (χ3v) is 7.94. The second-order valence-corrected chi connectivity index (χ2v) is 12.4. The van der Waals surface area contributed by atoms with Crippen LogP contribution in [0.15, 0.2) is 58.1 Å². The number of halogens is 4. The molecule has 0 atom stereocenters. The van der Waals surface area contributed by atoms with E-state index in [0.29, 0.717) is 19.6 Å². The summed E-state index contributed by atoms with van der Waals surface area (Å²) < 4.78 is 77.4. The van der Waals surface area contributed by atoms with E-state index in [1.165, 1.54) is 44.5 Å². The minimum absolute atomic E-state index is 0.0764. The first kappa shape index (κ1) is 31.1. The number of aromatic nitrogens is 4. The van der Waals surface area contributed by atoms with E-state index in [4.69, 9.17) is 22.2 Å². The van der Waals surface area contributed by atoms with Crippen LogP contribution >= 0.6 is 11.6 Å². The highest BCUT2D eigenvalue weighted by atomic mass is 35.5. The van der Waals surface area contributed by atoms with Crippen LogP contribution < -0.4 is 26.6 Å². The van der Waals surface area contributed by atoms with Gasteiger partial charge in [0.1, 0.15) is 17.4 Å². The molecule has 0 fully saturated rings. The van der Waals surface area contributed by atoms with Gasteiger partial charge in [0.05, 0.1) is 6.54 Å². The molecule has 0 amide bonds. The van der Waals surface area contributed by atoms with Crippen LogP contribution in [0.4, 0.5) is 13.2 Å². The number of aryl methyl sites for hydroxylation is 1. The zero-order valence-corrected chi connectivity index (χ0v) is 24.3. The second-order valence-electron chi connectivity index (χ2n) is 10.2. The fraction of sp³-hybridized carbons (Fsp3) is 0.320. The number of hydrazine groups is 1. The smallest absolute Gasteiger partial charge is 0.425 e. The van der Waals surface area contributed by atoms with E-state index in [1.807, 2.05) is 0 Å². The van der Waals surface area contributed by atoms with Crippen molar-refractivity contribution in [2.45, 2.75) is 45.1 Å². The fourth-order valence-electron chi connectivity index (χ4n) is 3.95. The predicted molar refractivity (Wildman–Crippen MR) is 148 cm³/mol. The molecule has 0 aliphatic heterocycles. The molecule has 0 unspecified atom stereocenters. The molecule has 2 N–H and O–H groups in total. The van der Waals surface area contributed by atoms with Crippen molar-refractivity contribution < 1.29 is 31.1 Å². The van der Waals surface area contributed by atoms with Crippen LogP contribution in [0.2, 0.25) is 5.02 Å². The number of rotatable bonds is 8. The van der Waals surface area contributed by atoms with Gasteiger partial charge in [0, 0.05) is 23.7 Å². The molecule has 2 aromatic heterocycles.